The quantitative estimate of drug-likeness (QED) is 0.500. The molecule has 0 aliphatic carbocycles. The molecule has 0 spiro atoms. The fraction of sp³-hybridized carbons (Fsp3) is 0.417. The monoisotopic (exact) mass is 509 g/mol. The van der Waals surface area contributed by atoms with Crippen LogP contribution in [0.2, 0.25) is 5.02 Å². The molecule has 0 saturated carbocycles. The van der Waals surface area contributed by atoms with E-state index in [0.717, 1.165) is 17.0 Å². The Hall–Kier alpha value is -2.78. The van der Waals surface area contributed by atoms with E-state index in [1.165, 1.54) is 12.0 Å². The van der Waals surface area contributed by atoms with Crippen LogP contribution >= 0.6 is 11.6 Å². The molecule has 0 bridgehead atoms. The van der Waals surface area contributed by atoms with E-state index in [0.29, 0.717) is 16.3 Å². The maximum atomic E-state index is 13.5. The van der Waals surface area contributed by atoms with Crippen LogP contribution in [-0.4, -0.2) is 57.1 Å². The van der Waals surface area contributed by atoms with Crippen LogP contribution in [0.4, 0.5) is 5.69 Å². The van der Waals surface area contributed by atoms with Crippen LogP contribution in [0, 0.1) is 0 Å². The molecule has 0 heterocycles. The number of rotatable bonds is 11. The minimum Gasteiger partial charge on any atom is -0.495 e. The number of halogens is 1. The molecule has 0 aliphatic rings. The molecule has 2 amide bonds. The molecule has 0 aromatic heterocycles. The first-order valence-corrected chi connectivity index (χ1v) is 13.2. The van der Waals surface area contributed by atoms with Crippen molar-refractivity contribution in [2.45, 2.75) is 45.8 Å². The van der Waals surface area contributed by atoms with Gasteiger partial charge in [-0.3, -0.25) is 13.9 Å². The summed E-state index contributed by atoms with van der Waals surface area (Å²) < 4.78 is 31.6. The summed E-state index contributed by atoms with van der Waals surface area (Å²) in [5.74, 6) is -0.555. The summed E-state index contributed by atoms with van der Waals surface area (Å²) in [5.41, 5.74) is 0.951. The molecule has 34 heavy (non-hydrogen) atoms. The maximum absolute atomic E-state index is 13.5. The Morgan fingerprint density at radius 2 is 1.79 bits per heavy atom. The number of para-hydroxylation sites is 2. The van der Waals surface area contributed by atoms with E-state index in [9.17, 15) is 18.0 Å². The third kappa shape index (κ3) is 7.36. The molecule has 2 rings (SSSR count). The largest absolute Gasteiger partial charge is 0.495 e. The van der Waals surface area contributed by atoms with E-state index in [1.807, 2.05) is 13.8 Å². The van der Waals surface area contributed by atoms with Gasteiger partial charge in [0.05, 0.1) is 19.1 Å². The summed E-state index contributed by atoms with van der Waals surface area (Å²) in [5, 5.41) is 3.38. The van der Waals surface area contributed by atoms with Crippen molar-refractivity contribution in [3.8, 4) is 5.75 Å². The Morgan fingerprint density at radius 3 is 2.38 bits per heavy atom. The summed E-state index contributed by atoms with van der Waals surface area (Å²) in [4.78, 5) is 27.8. The molecule has 2 atom stereocenters. The Labute approximate surface area is 206 Å². The minimum absolute atomic E-state index is 0.0702. The zero-order valence-electron chi connectivity index (χ0n) is 20.1. The minimum atomic E-state index is -3.84. The first-order chi connectivity index (χ1) is 16.0. The van der Waals surface area contributed by atoms with Gasteiger partial charge in [0.25, 0.3) is 0 Å². The van der Waals surface area contributed by atoms with Crippen molar-refractivity contribution in [1.82, 2.24) is 10.2 Å². The lowest BCUT2D eigenvalue weighted by Crippen LogP contribution is -2.52. The van der Waals surface area contributed by atoms with Gasteiger partial charge in [0.2, 0.25) is 21.8 Å². The molecule has 0 saturated heterocycles. The second-order valence-electron chi connectivity index (χ2n) is 8.09. The molecule has 8 nitrogen and oxygen atoms in total. The average molecular weight is 510 g/mol. The van der Waals surface area contributed by atoms with Gasteiger partial charge >= 0.3 is 0 Å². The molecular weight excluding hydrogens is 478 g/mol. The third-order valence-electron chi connectivity index (χ3n) is 5.44. The number of benzene rings is 2. The molecule has 2 aromatic carbocycles. The highest BCUT2D eigenvalue weighted by Crippen LogP contribution is 2.29. The van der Waals surface area contributed by atoms with Crippen LogP contribution in [-0.2, 0) is 26.2 Å². The summed E-state index contributed by atoms with van der Waals surface area (Å²) >= 11 is 6.11. The molecule has 2 aromatic rings. The average Bonchev–Trinajstić information content (AvgIpc) is 2.79. The Bertz CT molecular complexity index is 1110. The highest BCUT2D eigenvalue weighted by atomic mass is 35.5. The van der Waals surface area contributed by atoms with Gasteiger partial charge in [0.15, 0.2) is 0 Å². The second kappa shape index (κ2) is 12.1. The fourth-order valence-electron chi connectivity index (χ4n) is 3.31. The Balaban J connectivity index is 2.42. The summed E-state index contributed by atoms with van der Waals surface area (Å²) in [6.45, 7) is 5.02. The number of nitrogens with one attached hydrogen (secondary N) is 1. The summed E-state index contributed by atoms with van der Waals surface area (Å²) in [7, 11) is -2.42. The van der Waals surface area contributed by atoms with Crippen LogP contribution in [0.1, 0.15) is 32.8 Å². The predicted molar refractivity (Wildman–Crippen MR) is 135 cm³/mol. The van der Waals surface area contributed by atoms with Gasteiger partial charge in [0.1, 0.15) is 18.3 Å². The van der Waals surface area contributed by atoms with Crippen molar-refractivity contribution in [2.75, 3.05) is 24.2 Å². The van der Waals surface area contributed by atoms with E-state index >= 15 is 0 Å². The number of amides is 2. The number of hydrogen-bond donors (Lipinski definition) is 1. The standard InChI is InChI=1S/C24H32ClN3O5S/c1-6-17(2)26-24(30)18(3)27(15-19-10-9-11-20(25)14-19)23(29)16-28(34(5,31)32)21-12-7-8-13-22(21)33-4/h7-14,17-18H,6,15-16H2,1-5H3,(H,26,30). The van der Waals surface area contributed by atoms with Gasteiger partial charge in [-0.05, 0) is 50.1 Å². The van der Waals surface area contributed by atoms with Gasteiger partial charge < -0.3 is 15.0 Å². The zero-order valence-corrected chi connectivity index (χ0v) is 21.7. The van der Waals surface area contributed by atoms with Gasteiger partial charge in [-0.15, -0.1) is 0 Å². The van der Waals surface area contributed by atoms with Crippen molar-refractivity contribution in [2.24, 2.45) is 0 Å². The van der Waals surface area contributed by atoms with E-state index in [-0.39, 0.29) is 24.2 Å². The highest BCUT2D eigenvalue weighted by molar-refractivity contribution is 7.92. The van der Waals surface area contributed by atoms with E-state index in [2.05, 4.69) is 5.32 Å². The number of nitrogens with zero attached hydrogens (tertiary/aromatic N) is 2. The zero-order chi connectivity index (χ0) is 25.5. The lowest BCUT2D eigenvalue weighted by atomic mass is 10.1. The first kappa shape index (κ1) is 27.5. The number of methoxy groups -OCH3 is 1. The van der Waals surface area contributed by atoms with Crippen LogP contribution in [0.3, 0.4) is 0 Å². The van der Waals surface area contributed by atoms with Crippen molar-refractivity contribution in [1.29, 1.82) is 0 Å². The number of sulfonamides is 1. The Morgan fingerprint density at radius 1 is 1.12 bits per heavy atom. The Kier molecular flexibility index (Phi) is 9.76. The number of carbonyl (C=O) groups excluding carboxylic acids is 2. The normalized spacial score (nSPS) is 13.0. The topological polar surface area (TPSA) is 96.0 Å². The number of anilines is 1. The molecule has 0 radical (unpaired) electrons. The van der Waals surface area contributed by atoms with E-state index < -0.39 is 28.5 Å². The number of carbonyl (C=O) groups is 2. The maximum Gasteiger partial charge on any atom is 0.244 e. The highest BCUT2D eigenvalue weighted by Gasteiger charge is 2.31. The smallest absolute Gasteiger partial charge is 0.244 e. The molecular formula is C24H32ClN3O5S. The second-order valence-corrected chi connectivity index (χ2v) is 10.4. The van der Waals surface area contributed by atoms with Gasteiger partial charge in [0, 0.05) is 17.6 Å². The van der Waals surface area contributed by atoms with Gasteiger partial charge in [-0.1, -0.05) is 42.8 Å². The molecule has 186 valence electrons. The van der Waals surface area contributed by atoms with E-state index in [1.54, 1.807) is 55.5 Å². The van der Waals surface area contributed by atoms with Crippen molar-refractivity contribution >= 4 is 39.1 Å². The number of ether oxygens (including phenoxy) is 1. The van der Waals surface area contributed by atoms with Crippen LogP contribution < -0.4 is 14.4 Å². The first-order valence-electron chi connectivity index (χ1n) is 10.9. The SMILES string of the molecule is CCC(C)NC(=O)C(C)N(Cc1cccc(Cl)c1)C(=O)CN(c1ccccc1OC)S(C)(=O)=O. The van der Waals surface area contributed by atoms with Crippen LogP contribution in [0.15, 0.2) is 48.5 Å². The molecule has 10 heteroatoms. The lowest BCUT2D eigenvalue weighted by molar-refractivity contribution is -0.139. The van der Waals surface area contributed by atoms with Gasteiger partial charge in [-0.25, -0.2) is 8.42 Å². The van der Waals surface area contributed by atoms with Crippen LogP contribution in [0.5, 0.6) is 5.75 Å². The molecule has 0 aliphatic heterocycles. The molecule has 2 unspecified atom stereocenters. The lowest BCUT2D eigenvalue weighted by Gasteiger charge is -2.32. The number of hydrogen-bond acceptors (Lipinski definition) is 5. The summed E-state index contributed by atoms with van der Waals surface area (Å²) in [6.07, 6.45) is 1.75. The van der Waals surface area contributed by atoms with Gasteiger partial charge in [-0.2, -0.15) is 0 Å². The molecule has 0 fully saturated rings. The van der Waals surface area contributed by atoms with Crippen molar-refractivity contribution < 1.29 is 22.7 Å². The van der Waals surface area contributed by atoms with Crippen molar-refractivity contribution in [3.63, 3.8) is 0 Å². The third-order valence-corrected chi connectivity index (χ3v) is 6.80. The van der Waals surface area contributed by atoms with Crippen LogP contribution in [0.25, 0.3) is 0 Å². The van der Waals surface area contributed by atoms with E-state index in [4.69, 9.17) is 16.3 Å². The summed E-state index contributed by atoms with van der Waals surface area (Å²) in [6, 6.07) is 12.6. The molecule has 1 N–H and O–H groups in total. The fourth-order valence-corrected chi connectivity index (χ4v) is 4.38. The predicted octanol–water partition coefficient (Wildman–Crippen LogP) is 3.45. The van der Waals surface area contributed by atoms with Crippen molar-refractivity contribution in [3.05, 3.63) is 59.1 Å².